The van der Waals surface area contributed by atoms with Gasteiger partial charge in [0.25, 0.3) is 0 Å². The quantitative estimate of drug-likeness (QED) is 0.624. The molecule has 3 rings (SSSR count). The fourth-order valence-electron chi connectivity index (χ4n) is 2.37. The summed E-state index contributed by atoms with van der Waals surface area (Å²) >= 11 is 0. The monoisotopic (exact) mass is 185 g/mol. The van der Waals surface area contributed by atoms with E-state index in [0.29, 0.717) is 0 Å². The van der Waals surface area contributed by atoms with Crippen LogP contribution in [0.3, 0.4) is 0 Å². The number of carbonyl (C=O) groups excluding carboxylic acids is 1. The maximum Gasteiger partial charge on any atom is 0.152 e. The van der Waals surface area contributed by atoms with Crippen molar-refractivity contribution in [2.75, 3.05) is 0 Å². The van der Waals surface area contributed by atoms with E-state index in [-0.39, 0.29) is 0 Å². The van der Waals surface area contributed by atoms with Crippen molar-refractivity contribution in [2.45, 2.75) is 19.3 Å². The first kappa shape index (κ1) is 7.80. The molecule has 0 unspecified atom stereocenters. The highest BCUT2D eigenvalue weighted by molar-refractivity contribution is 5.86. The first-order valence-electron chi connectivity index (χ1n) is 4.97. The third-order valence-electron chi connectivity index (χ3n) is 3.03. The first-order valence-corrected chi connectivity index (χ1v) is 4.97. The summed E-state index contributed by atoms with van der Waals surface area (Å²) in [7, 11) is 0. The Hall–Kier alpha value is -1.57. The van der Waals surface area contributed by atoms with E-state index < -0.39 is 0 Å². The summed E-state index contributed by atoms with van der Waals surface area (Å²) in [6.45, 7) is 0. The van der Waals surface area contributed by atoms with Gasteiger partial charge in [0.1, 0.15) is 0 Å². The maximum absolute atomic E-state index is 10.8. The summed E-state index contributed by atoms with van der Waals surface area (Å²) in [6, 6.07) is 5.97. The standard InChI is InChI=1S/C12H11NO/c14-8-10-4-2-6-13-11-5-1-3-9(11)7-12(10)13/h2,4,6-8H,1,3,5H2. The lowest BCUT2D eigenvalue weighted by molar-refractivity contribution is 0.112. The van der Waals surface area contributed by atoms with Gasteiger partial charge in [0, 0.05) is 17.5 Å². The van der Waals surface area contributed by atoms with E-state index in [1.807, 2.05) is 18.3 Å². The van der Waals surface area contributed by atoms with Crippen LogP contribution in [0.5, 0.6) is 0 Å². The minimum atomic E-state index is 0.793. The molecule has 0 spiro atoms. The van der Waals surface area contributed by atoms with Crippen molar-refractivity contribution in [3.8, 4) is 0 Å². The van der Waals surface area contributed by atoms with Crippen molar-refractivity contribution in [3.63, 3.8) is 0 Å². The van der Waals surface area contributed by atoms with Gasteiger partial charge in [-0.2, -0.15) is 0 Å². The third kappa shape index (κ3) is 0.882. The Morgan fingerprint density at radius 1 is 1.36 bits per heavy atom. The average Bonchev–Trinajstić information content (AvgIpc) is 2.76. The van der Waals surface area contributed by atoms with Crippen molar-refractivity contribution in [1.29, 1.82) is 0 Å². The smallest absolute Gasteiger partial charge is 0.152 e. The van der Waals surface area contributed by atoms with Crippen molar-refractivity contribution < 1.29 is 4.79 Å². The number of aldehydes is 1. The van der Waals surface area contributed by atoms with Crippen LogP contribution in [0.2, 0.25) is 0 Å². The van der Waals surface area contributed by atoms with Crippen molar-refractivity contribution in [3.05, 3.63) is 41.2 Å². The van der Waals surface area contributed by atoms with Gasteiger partial charge in [-0.05, 0) is 43.0 Å². The first-order chi connectivity index (χ1) is 6.90. The number of fused-ring (bicyclic) bond motifs is 3. The molecule has 0 aliphatic heterocycles. The van der Waals surface area contributed by atoms with Crippen LogP contribution in [-0.2, 0) is 12.8 Å². The molecule has 0 amide bonds. The van der Waals surface area contributed by atoms with Crippen LogP contribution in [-0.4, -0.2) is 10.7 Å². The van der Waals surface area contributed by atoms with Gasteiger partial charge < -0.3 is 4.40 Å². The Bertz CT molecular complexity index is 510. The molecule has 2 aromatic heterocycles. The second kappa shape index (κ2) is 2.71. The Morgan fingerprint density at radius 2 is 2.29 bits per heavy atom. The summed E-state index contributed by atoms with van der Waals surface area (Å²) in [4.78, 5) is 10.8. The molecule has 2 nitrogen and oxygen atoms in total. The Labute approximate surface area is 82.2 Å². The number of aryl methyl sites for hydroxylation is 2. The molecule has 1 aliphatic carbocycles. The van der Waals surface area contributed by atoms with E-state index in [2.05, 4.69) is 10.5 Å². The number of rotatable bonds is 1. The zero-order valence-electron chi connectivity index (χ0n) is 7.86. The second-order valence-electron chi connectivity index (χ2n) is 3.81. The summed E-state index contributed by atoms with van der Waals surface area (Å²) in [5.41, 5.74) is 4.66. The molecule has 0 radical (unpaired) electrons. The zero-order valence-corrected chi connectivity index (χ0v) is 7.86. The molecule has 0 saturated carbocycles. The zero-order chi connectivity index (χ0) is 9.54. The fourth-order valence-corrected chi connectivity index (χ4v) is 2.37. The predicted molar refractivity (Wildman–Crippen MR) is 54.8 cm³/mol. The third-order valence-corrected chi connectivity index (χ3v) is 3.03. The van der Waals surface area contributed by atoms with Gasteiger partial charge in [0.2, 0.25) is 0 Å². The highest BCUT2D eigenvalue weighted by Crippen LogP contribution is 2.26. The number of pyridine rings is 1. The maximum atomic E-state index is 10.8. The lowest BCUT2D eigenvalue weighted by Gasteiger charge is -2.00. The molecular formula is C12H11NO. The van der Waals surface area contributed by atoms with Gasteiger partial charge in [-0.1, -0.05) is 0 Å². The van der Waals surface area contributed by atoms with E-state index >= 15 is 0 Å². The summed E-state index contributed by atoms with van der Waals surface area (Å²) in [5, 5.41) is 0. The molecule has 0 N–H and O–H groups in total. The van der Waals surface area contributed by atoms with E-state index in [9.17, 15) is 4.79 Å². The molecule has 1 aliphatic rings. The molecular weight excluding hydrogens is 174 g/mol. The molecule has 2 heterocycles. The van der Waals surface area contributed by atoms with E-state index in [0.717, 1.165) is 30.2 Å². The van der Waals surface area contributed by atoms with Crippen LogP contribution < -0.4 is 0 Å². The van der Waals surface area contributed by atoms with E-state index in [4.69, 9.17) is 0 Å². The summed E-state index contributed by atoms with van der Waals surface area (Å²) in [5.74, 6) is 0. The molecule has 0 bridgehead atoms. The number of hydrogen-bond acceptors (Lipinski definition) is 1. The van der Waals surface area contributed by atoms with Gasteiger partial charge in [-0.15, -0.1) is 0 Å². The SMILES string of the molecule is O=Cc1cccn2c3c(cc12)CCC3. The van der Waals surface area contributed by atoms with E-state index in [1.165, 1.54) is 17.7 Å². The van der Waals surface area contributed by atoms with Crippen molar-refractivity contribution in [1.82, 2.24) is 4.40 Å². The Balaban J connectivity index is 2.41. The average molecular weight is 185 g/mol. The van der Waals surface area contributed by atoms with Crippen LogP contribution >= 0.6 is 0 Å². The number of carbonyl (C=O) groups is 1. The number of nitrogens with zero attached hydrogens (tertiary/aromatic N) is 1. The minimum Gasteiger partial charge on any atom is -0.320 e. The topological polar surface area (TPSA) is 21.5 Å². The molecule has 2 heteroatoms. The Kier molecular flexibility index (Phi) is 1.51. The van der Waals surface area contributed by atoms with Crippen molar-refractivity contribution >= 4 is 11.8 Å². The van der Waals surface area contributed by atoms with Gasteiger partial charge in [0.15, 0.2) is 6.29 Å². The predicted octanol–water partition coefficient (Wildman–Crippen LogP) is 2.24. The van der Waals surface area contributed by atoms with Gasteiger partial charge >= 0.3 is 0 Å². The van der Waals surface area contributed by atoms with Crippen LogP contribution in [0.25, 0.3) is 5.52 Å². The molecule has 14 heavy (non-hydrogen) atoms. The lowest BCUT2D eigenvalue weighted by atomic mass is 10.2. The molecule has 0 atom stereocenters. The number of aromatic nitrogens is 1. The molecule has 0 fully saturated rings. The molecule has 0 aromatic carbocycles. The van der Waals surface area contributed by atoms with Crippen LogP contribution in [0.15, 0.2) is 24.4 Å². The summed E-state index contributed by atoms with van der Waals surface area (Å²) in [6.07, 6.45) is 6.54. The highest BCUT2D eigenvalue weighted by Gasteiger charge is 2.16. The van der Waals surface area contributed by atoms with Gasteiger partial charge in [-0.25, -0.2) is 0 Å². The summed E-state index contributed by atoms with van der Waals surface area (Å²) < 4.78 is 2.16. The lowest BCUT2D eigenvalue weighted by Crippen LogP contribution is -1.92. The van der Waals surface area contributed by atoms with Gasteiger partial charge in [-0.3, -0.25) is 4.79 Å². The van der Waals surface area contributed by atoms with Crippen molar-refractivity contribution in [2.24, 2.45) is 0 Å². The normalized spacial score (nSPS) is 14.6. The second-order valence-corrected chi connectivity index (χ2v) is 3.81. The van der Waals surface area contributed by atoms with Gasteiger partial charge in [0.05, 0.1) is 5.52 Å². The number of hydrogen-bond donors (Lipinski definition) is 0. The largest absolute Gasteiger partial charge is 0.320 e. The van der Waals surface area contributed by atoms with Crippen LogP contribution in [0.4, 0.5) is 0 Å². The molecule has 2 aromatic rings. The van der Waals surface area contributed by atoms with E-state index in [1.54, 1.807) is 0 Å². The molecule has 0 saturated heterocycles. The fraction of sp³-hybridized carbons (Fsp3) is 0.250. The van der Waals surface area contributed by atoms with Crippen LogP contribution in [0, 0.1) is 0 Å². The molecule has 70 valence electrons. The highest BCUT2D eigenvalue weighted by atomic mass is 16.1. The van der Waals surface area contributed by atoms with Crippen LogP contribution in [0.1, 0.15) is 28.0 Å². The minimum absolute atomic E-state index is 0.793. The Morgan fingerprint density at radius 3 is 3.14 bits per heavy atom.